The largest absolute Gasteiger partial charge is 0.490 e. The van der Waals surface area contributed by atoms with Crippen LogP contribution < -0.4 is 10.1 Å². The zero-order chi connectivity index (χ0) is 15.7. The van der Waals surface area contributed by atoms with Gasteiger partial charge in [0.05, 0.1) is 12.4 Å². The highest BCUT2D eigenvalue weighted by atomic mass is 32.2. The van der Waals surface area contributed by atoms with E-state index in [2.05, 4.69) is 12.2 Å². The topological polar surface area (TPSA) is 55.4 Å². The molecule has 0 spiro atoms. The van der Waals surface area contributed by atoms with Gasteiger partial charge in [0.25, 0.3) is 0 Å². The molecule has 1 aromatic carbocycles. The number of halogens is 1. The smallest absolute Gasteiger partial charge is 0.165 e. The maximum atomic E-state index is 13.8. The molecule has 0 atom stereocenters. The Kier molecular flexibility index (Phi) is 7.67. The summed E-state index contributed by atoms with van der Waals surface area (Å²) in [6, 6.07) is 4.84. The van der Waals surface area contributed by atoms with Crippen molar-refractivity contribution in [3.05, 3.63) is 29.6 Å². The van der Waals surface area contributed by atoms with Crippen molar-refractivity contribution in [3.63, 3.8) is 0 Å². The van der Waals surface area contributed by atoms with Crippen LogP contribution in [0.25, 0.3) is 0 Å². The molecular weight excluding hydrogens is 293 g/mol. The zero-order valence-corrected chi connectivity index (χ0v) is 13.5. The van der Waals surface area contributed by atoms with Crippen LogP contribution in [-0.4, -0.2) is 33.1 Å². The second kappa shape index (κ2) is 9.00. The summed E-state index contributed by atoms with van der Waals surface area (Å²) in [7, 11) is -2.99. The molecule has 0 heterocycles. The monoisotopic (exact) mass is 317 g/mol. The molecule has 1 rings (SSSR count). The van der Waals surface area contributed by atoms with Gasteiger partial charge < -0.3 is 10.1 Å². The molecule has 0 saturated carbocycles. The first-order chi connectivity index (χ1) is 9.98. The third kappa shape index (κ3) is 6.91. The van der Waals surface area contributed by atoms with Crippen molar-refractivity contribution in [3.8, 4) is 5.75 Å². The highest BCUT2D eigenvalue weighted by molar-refractivity contribution is 7.91. The normalized spacial score (nSPS) is 11.6. The summed E-state index contributed by atoms with van der Waals surface area (Å²) in [5.74, 6) is -0.0439. The average molecular weight is 317 g/mol. The van der Waals surface area contributed by atoms with Crippen LogP contribution >= 0.6 is 0 Å². The maximum absolute atomic E-state index is 13.8. The molecule has 0 aliphatic heterocycles. The van der Waals surface area contributed by atoms with E-state index in [1.165, 1.54) is 6.07 Å². The standard InChI is InChI=1S/C15H24FNO3S/c1-3-8-17-12-13-6-7-15(14(16)11-13)20-9-5-10-21(18,19)4-2/h6-7,11,17H,3-5,8-10,12H2,1-2H3. The van der Waals surface area contributed by atoms with Gasteiger partial charge in [0.1, 0.15) is 9.84 Å². The lowest BCUT2D eigenvalue weighted by atomic mass is 10.2. The first kappa shape index (κ1) is 17.9. The number of sulfone groups is 1. The maximum Gasteiger partial charge on any atom is 0.165 e. The van der Waals surface area contributed by atoms with E-state index in [4.69, 9.17) is 4.74 Å². The summed E-state index contributed by atoms with van der Waals surface area (Å²) in [5.41, 5.74) is 0.863. The highest BCUT2D eigenvalue weighted by Gasteiger charge is 2.08. The van der Waals surface area contributed by atoms with Gasteiger partial charge in [-0.05, 0) is 37.1 Å². The van der Waals surface area contributed by atoms with Gasteiger partial charge in [-0.1, -0.05) is 19.9 Å². The molecule has 0 aliphatic rings. The average Bonchev–Trinajstić information content (AvgIpc) is 2.45. The van der Waals surface area contributed by atoms with E-state index in [0.717, 1.165) is 18.5 Å². The summed E-state index contributed by atoms with van der Waals surface area (Å²) in [4.78, 5) is 0. The quantitative estimate of drug-likeness (QED) is 0.674. The first-order valence-electron chi connectivity index (χ1n) is 7.31. The fourth-order valence-corrected chi connectivity index (χ4v) is 2.63. The van der Waals surface area contributed by atoms with Crippen LogP contribution in [0.2, 0.25) is 0 Å². The third-order valence-electron chi connectivity index (χ3n) is 3.05. The Morgan fingerprint density at radius 1 is 1.29 bits per heavy atom. The molecule has 120 valence electrons. The molecule has 1 N–H and O–H groups in total. The lowest BCUT2D eigenvalue weighted by Gasteiger charge is -2.09. The van der Waals surface area contributed by atoms with Crippen molar-refractivity contribution < 1.29 is 17.5 Å². The van der Waals surface area contributed by atoms with Crippen LogP contribution in [0.3, 0.4) is 0 Å². The summed E-state index contributed by atoms with van der Waals surface area (Å²) in [6.45, 7) is 5.40. The third-order valence-corrected chi connectivity index (χ3v) is 4.84. The summed E-state index contributed by atoms with van der Waals surface area (Å²) in [6.07, 6.45) is 1.40. The molecule has 0 fully saturated rings. The van der Waals surface area contributed by atoms with Crippen LogP contribution in [0.15, 0.2) is 18.2 Å². The van der Waals surface area contributed by atoms with Crippen molar-refractivity contribution in [2.75, 3.05) is 24.7 Å². The predicted molar refractivity (Wildman–Crippen MR) is 82.8 cm³/mol. The minimum Gasteiger partial charge on any atom is -0.490 e. The molecule has 0 aliphatic carbocycles. The zero-order valence-electron chi connectivity index (χ0n) is 12.7. The predicted octanol–water partition coefficient (Wildman–Crippen LogP) is 2.53. The second-order valence-corrected chi connectivity index (χ2v) is 7.35. The minimum atomic E-state index is -2.99. The van der Waals surface area contributed by atoms with E-state index in [-0.39, 0.29) is 23.9 Å². The van der Waals surface area contributed by atoms with Crippen LogP contribution in [0.1, 0.15) is 32.3 Å². The van der Waals surface area contributed by atoms with E-state index >= 15 is 0 Å². The van der Waals surface area contributed by atoms with Gasteiger partial charge in [-0.3, -0.25) is 0 Å². The number of benzene rings is 1. The van der Waals surface area contributed by atoms with Crippen LogP contribution in [0, 0.1) is 5.82 Å². The Bertz CT molecular complexity index is 532. The molecule has 0 radical (unpaired) electrons. The van der Waals surface area contributed by atoms with E-state index in [9.17, 15) is 12.8 Å². The van der Waals surface area contributed by atoms with Crippen molar-refractivity contribution in [1.29, 1.82) is 0 Å². The molecule has 0 saturated heterocycles. The molecule has 1 aromatic rings. The van der Waals surface area contributed by atoms with Crippen molar-refractivity contribution in [2.45, 2.75) is 33.2 Å². The number of hydrogen-bond acceptors (Lipinski definition) is 4. The molecule has 21 heavy (non-hydrogen) atoms. The van der Waals surface area contributed by atoms with Crippen LogP contribution in [-0.2, 0) is 16.4 Å². The lowest BCUT2D eigenvalue weighted by molar-refractivity contribution is 0.301. The van der Waals surface area contributed by atoms with E-state index in [1.54, 1.807) is 13.0 Å². The van der Waals surface area contributed by atoms with E-state index < -0.39 is 15.7 Å². The van der Waals surface area contributed by atoms with Crippen molar-refractivity contribution in [1.82, 2.24) is 5.32 Å². The van der Waals surface area contributed by atoms with Crippen LogP contribution in [0.4, 0.5) is 4.39 Å². The number of nitrogens with one attached hydrogen (secondary N) is 1. The van der Waals surface area contributed by atoms with E-state index in [1.807, 2.05) is 6.07 Å². The first-order valence-corrected chi connectivity index (χ1v) is 9.13. The minimum absolute atomic E-state index is 0.0736. The van der Waals surface area contributed by atoms with Crippen molar-refractivity contribution >= 4 is 9.84 Å². The molecule has 4 nitrogen and oxygen atoms in total. The van der Waals surface area contributed by atoms with Gasteiger partial charge in [-0.2, -0.15) is 0 Å². The molecule has 0 bridgehead atoms. The molecule has 0 aromatic heterocycles. The Balaban J connectivity index is 2.42. The second-order valence-electron chi connectivity index (χ2n) is 4.88. The van der Waals surface area contributed by atoms with Gasteiger partial charge in [0.2, 0.25) is 0 Å². The van der Waals surface area contributed by atoms with E-state index in [0.29, 0.717) is 13.0 Å². The highest BCUT2D eigenvalue weighted by Crippen LogP contribution is 2.18. The molecule has 0 unspecified atom stereocenters. The fraction of sp³-hybridized carbons (Fsp3) is 0.600. The number of ether oxygens (including phenoxy) is 1. The summed E-state index contributed by atoms with van der Waals surface area (Å²) < 4.78 is 41.7. The Morgan fingerprint density at radius 3 is 2.67 bits per heavy atom. The van der Waals surface area contributed by atoms with Crippen molar-refractivity contribution in [2.24, 2.45) is 0 Å². The van der Waals surface area contributed by atoms with Gasteiger partial charge in [0, 0.05) is 12.3 Å². The Labute approximate surface area is 126 Å². The molecule has 6 heteroatoms. The fourth-order valence-electron chi connectivity index (χ4n) is 1.79. The Hall–Kier alpha value is -1.14. The molecule has 0 amide bonds. The SMILES string of the molecule is CCCNCc1ccc(OCCCS(=O)(=O)CC)c(F)c1. The van der Waals surface area contributed by atoms with Gasteiger partial charge in [0.15, 0.2) is 11.6 Å². The van der Waals surface area contributed by atoms with Crippen LogP contribution in [0.5, 0.6) is 5.75 Å². The number of hydrogen-bond donors (Lipinski definition) is 1. The van der Waals surface area contributed by atoms with Gasteiger partial charge >= 0.3 is 0 Å². The summed E-state index contributed by atoms with van der Waals surface area (Å²) in [5, 5.41) is 3.20. The van der Waals surface area contributed by atoms with Gasteiger partial charge in [-0.15, -0.1) is 0 Å². The molecular formula is C15H24FNO3S. The lowest BCUT2D eigenvalue weighted by Crippen LogP contribution is -2.14. The van der Waals surface area contributed by atoms with Gasteiger partial charge in [-0.25, -0.2) is 12.8 Å². The Morgan fingerprint density at radius 2 is 2.05 bits per heavy atom. The number of rotatable bonds is 10. The summed E-state index contributed by atoms with van der Waals surface area (Å²) >= 11 is 0.